The van der Waals surface area contributed by atoms with Gasteiger partial charge in [0.2, 0.25) is 0 Å². The lowest BCUT2D eigenvalue weighted by Gasteiger charge is -2.04. The van der Waals surface area contributed by atoms with Crippen LogP contribution in [0, 0.1) is 0 Å². The molecule has 1 atom stereocenters. The fourth-order valence-corrected chi connectivity index (χ4v) is 2.18. The van der Waals surface area contributed by atoms with Gasteiger partial charge >= 0.3 is 0 Å². The molecule has 0 spiro atoms. The van der Waals surface area contributed by atoms with E-state index in [-0.39, 0.29) is 0 Å². The summed E-state index contributed by atoms with van der Waals surface area (Å²) >= 11 is 3.25. The molecule has 0 aromatic heterocycles. The van der Waals surface area contributed by atoms with E-state index in [4.69, 9.17) is 15.4 Å². The highest BCUT2D eigenvalue weighted by Crippen LogP contribution is 2.27. The maximum atomic E-state index is 11.0. The molecule has 0 aliphatic carbocycles. The topological polar surface area (TPSA) is 26.3 Å². The summed E-state index contributed by atoms with van der Waals surface area (Å²) in [6.07, 6.45) is 0. The van der Waals surface area contributed by atoms with Crippen LogP contribution in [0.4, 0.5) is 0 Å². The Morgan fingerprint density at radius 1 is 1.58 bits per heavy atom. The minimum absolute atomic E-state index is 0.480. The van der Waals surface area contributed by atoms with Gasteiger partial charge < -0.3 is 4.74 Å². The molecule has 1 aromatic rings. The highest BCUT2D eigenvalue weighted by molar-refractivity contribution is 9.10. The van der Waals surface area contributed by atoms with Crippen LogP contribution < -0.4 is 4.74 Å². The van der Waals surface area contributed by atoms with Crippen LogP contribution in [0.5, 0.6) is 5.75 Å². The maximum Gasteiger partial charge on any atom is 0.151 e. The third-order valence-corrected chi connectivity index (χ3v) is 2.96. The molecule has 2 nitrogen and oxygen atoms in total. The van der Waals surface area contributed by atoms with Gasteiger partial charge in [0.25, 0.3) is 0 Å². The highest BCUT2D eigenvalue weighted by atomic mass is 79.9. The van der Waals surface area contributed by atoms with Gasteiger partial charge in [0.05, 0.1) is 12.0 Å². The third kappa shape index (κ3) is 2.21. The number of ether oxygens (including phenoxy) is 1. The van der Waals surface area contributed by atoms with Crippen molar-refractivity contribution >= 4 is 36.6 Å². The van der Waals surface area contributed by atoms with Crippen molar-refractivity contribution in [3.05, 3.63) is 22.7 Å². The smallest absolute Gasteiger partial charge is 0.151 e. The Morgan fingerprint density at radius 3 is 2.75 bits per heavy atom. The second kappa shape index (κ2) is 4.25. The van der Waals surface area contributed by atoms with Gasteiger partial charge in [-0.15, -0.1) is 0 Å². The van der Waals surface area contributed by atoms with Crippen molar-refractivity contribution in [2.75, 3.05) is 7.11 Å². The quantitative estimate of drug-likeness (QED) is 0.772. The zero-order valence-electron chi connectivity index (χ0n) is 6.21. The number of halogens is 2. The van der Waals surface area contributed by atoms with Crippen LogP contribution in [-0.4, -0.2) is 11.3 Å². The normalized spacial score (nSPS) is 12.6. The zero-order valence-corrected chi connectivity index (χ0v) is 9.37. The molecule has 0 amide bonds. The van der Waals surface area contributed by atoms with E-state index in [1.807, 2.05) is 0 Å². The molecule has 5 heteroatoms. The van der Waals surface area contributed by atoms with Gasteiger partial charge in [-0.05, 0) is 28.9 Å². The summed E-state index contributed by atoms with van der Waals surface area (Å²) in [6, 6.07) is 5.17. The van der Waals surface area contributed by atoms with Crippen molar-refractivity contribution in [2.24, 2.45) is 0 Å². The summed E-state index contributed by atoms with van der Waals surface area (Å²) in [5.74, 6) is 0.534. The van der Waals surface area contributed by atoms with E-state index in [1.54, 1.807) is 18.2 Å². The minimum Gasteiger partial charge on any atom is -0.495 e. The Kier molecular flexibility index (Phi) is 3.55. The van der Waals surface area contributed by atoms with E-state index < -0.39 is 10.0 Å². The van der Waals surface area contributed by atoms with Crippen LogP contribution in [-0.2, 0) is 10.0 Å². The van der Waals surface area contributed by atoms with Gasteiger partial charge in [0.15, 0.2) is 10.0 Å². The van der Waals surface area contributed by atoms with Gasteiger partial charge in [-0.25, -0.2) is 4.21 Å². The molecule has 66 valence electrons. The van der Waals surface area contributed by atoms with Crippen LogP contribution in [0.25, 0.3) is 0 Å². The Balaban J connectivity index is 3.21. The largest absolute Gasteiger partial charge is 0.495 e. The van der Waals surface area contributed by atoms with Crippen molar-refractivity contribution in [1.29, 1.82) is 0 Å². The van der Waals surface area contributed by atoms with Crippen molar-refractivity contribution in [3.8, 4) is 5.75 Å². The van der Waals surface area contributed by atoms with E-state index in [2.05, 4.69) is 15.9 Å². The summed E-state index contributed by atoms with van der Waals surface area (Å²) in [7, 11) is 5.41. The molecule has 0 N–H and O–H groups in total. The number of hydrogen-bond donors (Lipinski definition) is 0. The first-order valence-electron chi connectivity index (χ1n) is 3.06. The van der Waals surface area contributed by atoms with Crippen LogP contribution >= 0.6 is 26.6 Å². The van der Waals surface area contributed by atoms with E-state index in [0.717, 1.165) is 4.47 Å². The predicted octanol–water partition coefficient (Wildman–Crippen LogP) is 2.72. The number of rotatable bonds is 2. The molecule has 0 saturated heterocycles. The second-order valence-electron chi connectivity index (χ2n) is 2.02. The number of hydrogen-bond acceptors (Lipinski definition) is 2. The number of methoxy groups -OCH3 is 1. The fourth-order valence-electron chi connectivity index (χ4n) is 0.776. The van der Waals surface area contributed by atoms with Crippen molar-refractivity contribution in [1.82, 2.24) is 0 Å². The molecule has 1 rings (SSSR count). The van der Waals surface area contributed by atoms with E-state index in [9.17, 15) is 4.21 Å². The molecule has 0 fully saturated rings. The minimum atomic E-state index is -1.53. The lowest BCUT2D eigenvalue weighted by Crippen LogP contribution is -1.90. The summed E-state index contributed by atoms with van der Waals surface area (Å²) < 4.78 is 16.7. The summed E-state index contributed by atoms with van der Waals surface area (Å²) in [5.41, 5.74) is 0. The zero-order chi connectivity index (χ0) is 9.14. The molecular formula is C7H6BrClO2S. The summed E-state index contributed by atoms with van der Waals surface area (Å²) in [5, 5.41) is 0. The maximum absolute atomic E-state index is 11.0. The molecule has 12 heavy (non-hydrogen) atoms. The number of benzene rings is 1. The molecule has 0 unspecified atom stereocenters. The molecule has 0 aliphatic heterocycles. The Hall–Kier alpha value is -0.0600. The lowest BCUT2D eigenvalue weighted by molar-refractivity contribution is 0.404. The first kappa shape index (κ1) is 10.0. The SMILES string of the molecule is COc1ccc(Br)cc1[S@@](=O)Cl. The molecule has 0 radical (unpaired) electrons. The second-order valence-corrected chi connectivity index (χ2v) is 4.66. The van der Waals surface area contributed by atoms with Crippen LogP contribution in [0.3, 0.4) is 0 Å². The highest BCUT2D eigenvalue weighted by Gasteiger charge is 2.08. The van der Waals surface area contributed by atoms with Crippen LogP contribution in [0.2, 0.25) is 0 Å². The molecule has 0 saturated carbocycles. The first-order valence-corrected chi connectivity index (χ1v) is 5.83. The van der Waals surface area contributed by atoms with Crippen LogP contribution in [0.15, 0.2) is 27.6 Å². The van der Waals surface area contributed by atoms with Crippen molar-refractivity contribution in [3.63, 3.8) is 0 Å². The summed E-state index contributed by atoms with van der Waals surface area (Å²) in [6.45, 7) is 0. The van der Waals surface area contributed by atoms with Gasteiger partial charge in [0, 0.05) is 4.47 Å². The molecule has 1 aromatic carbocycles. The molecular weight excluding hydrogens is 263 g/mol. The molecule has 0 bridgehead atoms. The van der Waals surface area contributed by atoms with E-state index >= 15 is 0 Å². The van der Waals surface area contributed by atoms with E-state index in [1.165, 1.54) is 7.11 Å². The van der Waals surface area contributed by atoms with Gasteiger partial charge in [0.1, 0.15) is 5.75 Å². The van der Waals surface area contributed by atoms with Crippen LogP contribution in [0.1, 0.15) is 0 Å². The Bertz CT molecular complexity index is 316. The summed E-state index contributed by atoms with van der Waals surface area (Å²) in [4.78, 5) is 0.480. The average Bonchev–Trinajstić information content (AvgIpc) is 2.04. The Morgan fingerprint density at radius 2 is 2.25 bits per heavy atom. The molecule has 0 heterocycles. The van der Waals surface area contributed by atoms with Crippen molar-refractivity contribution in [2.45, 2.75) is 4.90 Å². The standard InChI is InChI=1S/C7H6BrClO2S/c1-11-6-3-2-5(8)4-7(6)12(9)10/h2-4H,1H3/t12-/m1/s1. The average molecular weight is 270 g/mol. The third-order valence-electron chi connectivity index (χ3n) is 1.30. The van der Waals surface area contributed by atoms with Gasteiger partial charge in [-0.1, -0.05) is 15.9 Å². The monoisotopic (exact) mass is 268 g/mol. The van der Waals surface area contributed by atoms with Crippen molar-refractivity contribution < 1.29 is 8.95 Å². The first-order chi connectivity index (χ1) is 5.65. The lowest BCUT2D eigenvalue weighted by atomic mass is 10.3. The molecule has 0 aliphatic rings. The van der Waals surface area contributed by atoms with Gasteiger partial charge in [-0.2, -0.15) is 0 Å². The predicted molar refractivity (Wildman–Crippen MR) is 53.0 cm³/mol. The van der Waals surface area contributed by atoms with E-state index in [0.29, 0.717) is 10.6 Å². The van der Waals surface area contributed by atoms with Gasteiger partial charge in [-0.3, -0.25) is 0 Å². The fraction of sp³-hybridized carbons (Fsp3) is 0.143. The Labute approximate surface area is 86.0 Å².